The zero-order chi connectivity index (χ0) is 21.2. The van der Waals surface area contributed by atoms with E-state index in [1.54, 1.807) is 24.3 Å². The lowest BCUT2D eigenvalue weighted by molar-refractivity contribution is 0.0936. The number of aryl methyl sites for hydroxylation is 1. The standard InChI is InChI=1S/C24H30N2O3S/c1-19-8-5-10-21(16-19)24(12-3-2-4-13-24)18-25-23(27)20-9-6-11-22(17-20)26-14-7-15-30(26,28)29/h5-6,8-11,16-17H,2-4,7,12-15,18H2,1H3,(H,25,27). The Hall–Kier alpha value is -2.34. The van der Waals surface area contributed by atoms with Gasteiger partial charge >= 0.3 is 0 Å². The predicted molar refractivity (Wildman–Crippen MR) is 120 cm³/mol. The molecule has 6 heteroatoms. The number of carbonyl (C=O) groups is 1. The topological polar surface area (TPSA) is 66.5 Å². The van der Waals surface area contributed by atoms with Gasteiger partial charge in [0, 0.05) is 24.1 Å². The third-order valence-electron chi connectivity index (χ3n) is 6.52. The van der Waals surface area contributed by atoms with Crippen LogP contribution in [0.1, 0.15) is 60.0 Å². The third-order valence-corrected chi connectivity index (χ3v) is 8.39. The Morgan fingerprint density at radius 3 is 2.50 bits per heavy atom. The first-order chi connectivity index (χ1) is 14.4. The molecule has 1 amide bonds. The molecule has 0 unspecified atom stereocenters. The largest absolute Gasteiger partial charge is 0.351 e. The van der Waals surface area contributed by atoms with Crippen LogP contribution < -0.4 is 9.62 Å². The van der Waals surface area contributed by atoms with Crippen LogP contribution in [-0.2, 0) is 15.4 Å². The van der Waals surface area contributed by atoms with Crippen LogP contribution in [0.15, 0.2) is 48.5 Å². The van der Waals surface area contributed by atoms with E-state index in [1.807, 2.05) is 0 Å². The highest BCUT2D eigenvalue weighted by molar-refractivity contribution is 7.93. The van der Waals surface area contributed by atoms with Crippen LogP contribution in [0.2, 0.25) is 0 Å². The van der Waals surface area contributed by atoms with E-state index >= 15 is 0 Å². The maximum atomic E-state index is 13.0. The molecule has 30 heavy (non-hydrogen) atoms. The Morgan fingerprint density at radius 1 is 1.03 bits per heavy atom. The molecule has 1 saturated heterocycles. The molecule has 0 spiro atoms. The van der Waals surface area contributed by atoms with E-state index < -0.39 is 10.0 Å². The summed E-state index contributed by atoms with van der Waals surface area (Å²) in [6.07, 6.45) is 6.36. The van der Waals surface area contributed by atoms with Crippen LogP contribution in [-0.4, -0.2) is 33.2 Å². The van der Waals surface area contributed by atoms with Crippen molar-refractivity contribution < 1.29 is 13.2 Å². The van der Waals surface area contributed by atoms with E-state index in [2.05, 4.69) is 36.5 Å². The van der Waals surface area contributed by atoms with E-state index in [-0.39, 0.29) is 17.1 Å². The van der Waals surface area contributed by atoms with Crippen molar-refractivity contribution in [3.63, 3.8) is 0 Å². The summed E-state index contributed by atoms with van der Waals surface area (Å²) >= 11 is 0. The highest BCUT2D eigenvalue weighted by Crippen LogP contribution is 2.39. The van der Waals surface area contributed by atoms with Gasteiger partial charge in [-0.2, -0.15) is 0 Å². The molecule has 2 aliphatic rings. The van der Waals surface area contributed by atoms with Gasteiger partial charge < -0.3 is 5.32 Å². The average molecular weight is 427 g/mol. The molecule has 0 radical (unpaired) electrons. The molecule has 5 nitrogen and oxygen atoms in total. The van der Waals surface area contributed by atoms with Crippen molar-refractivity contribution in [2.75, 3.05) is 23.1 Å². The van der Waals surface area contributed by atoms with Gasteiger partial charge in [0.25, 0.3) is 5.91 Å². The predicted octanol–water partition coefficient (Wildman–Crippen LogP) is 4.17. The van der Waals surface area contributed by atoms with E-state index in [0.717, 1.165) is 12.8 Å². The molecule has 1 saturated carbocycles. The minimum atomic E-state index is -3.26. The van der Waals surface area contributed by atoms with E-state index in [0.29, 0.717) is 30.8 Å². The van der Waals surface area contributed by atoms with Crippen molar-refractivity contribution in [3.05, 3.63) is 65.2 Å². The molecule has 160 valence electrons. The summed E-state index contributed by atoms with van der Waals surface area (Å²) < 4.78 is 25.9. The second-order valence-electron chi connectivity index (χ2n) is 8.69. The lowest BCUT2D eigenvalue weighted by Crippen LogP contribution is -2.42. The molecule has 2 aromatic carbocycles. The molecule has 1 aliphatic carbocycles. The van der Waals surface area contributed by atoms with Crippen LogP contribution in [0, 0.1) is 6.92 Å². The first kappa shape index (κ1) is 20.9. The molecule has 4 rings (SSSR count). The smallest absolute Gasteiger partial charge is 0.251 e. The quantitative estimate of drug-likeness (QED) is 0.780. The van der Waals surface area contributed by atoms with Crippen LogP contribution in [0.4, 0.5) is 5.69 Å². The van der Waals surface area contributed by atoms with Gasteiger partial charge in [0.2, 0.25) is 10.0 Å². The molecule has 1 heterocycles. The number of sulfonamides is 1. The molecule has 0 atom stereocenters. The zero-order valence-electron chi connectivity index (χ0n) is 17.6. The van der Waals surface area contributed by atoms with Crippen molar-refractivity contribution in [2.45, 2.75) is 50.9 Å². The zero-order valence-corrected chi connectivity index (χ0v) is 18.4. The van der Waals surface area contributed by atoms with Crippen molar-refractivity contribution in [2.24, 2.45) is 0 Å². The normalized spacial score (nSPS) is 20.1. The fourth-order valence-electron chi connectivity index (χ4n) is 4.85. The highest BCUT2D eigenvalue weighted by atomic mass is 32.2. The van der Waals surface area contributed by atoms with Gasteiger partial charge in [0.1, 0.15) is 0 Å². The molecular weight excluding hydrogens is 396 g/mol. The first-order valence-corrected chi connectivity index (χ1v) is 12.5. The molecule has 0 aromatic heterocycles. The minimum Gasteiger partial charge on any atom is -0.351 e. The molecule has 0 bridgehead atoms. The monoisotopic (exact) mass is 426 g/mol. The van der Waals surface area contributed by atoms with Gasteiger partial charge in [0.15, 0.2) is 0 Å². The first-order valence-electron chi connectivity index (χ1n) is 10.9. The maximum Gasteiger partial charge on any atom is 0.251 e. The number of anilines is 1. The average Bonchev–Trinajstić information content (AvgIpc) is 3.12. The number of amides is 1. The Kier molecular flexibility index (Phi) is 5.87. The Balaban J connectivity index is 1.52. The summed E-state index contributed by atoms with van der Waals surface area (Å²) in [5.74, 6) is 0.0219. The summed E-state index contributed by atoms with van der Waals surface area (Å²) in [7, 11) is -3.26. The highest BCUT2D eigenvalue weighted by Gasteiger charge is 2.34. The summed E-state index contributed by atoms with van der Waals surface area (Å²) in [5, 5.41) is 3.16. The second-order valence-corrected chi connectivity index (χ2v) is 10.7. The summed E-state index contributed by atoms with van der Waals surface area (Å²) in [6.45, 7) is 3.18. The molecule has 1 N–H and O–H groups in total. The van der Waals surface area contributed by atoms with Gasteiger partial charge in [-0.3, -0.25) is 9.10 Å². The van der Waals surface area contributed by atoms with E-state index in [9.17, 15) is 13.2 Å². The lowest BCUT2D eigenvalue weighted by atomic mass is 9.69. The molecular formula is C24H30N2O3S. The van der Waals surface area contributed by atoms with E-state index in [1.165, 1.54) is 34.7 Å². The molecule has 1 aliphatic heterocycles. The summed E-state index contributed by atoms with van der Waals surface area (Å²) in [5.41, 5.74) is 3.59. The van der Waals surface area contributed by atoms with Crippen molar-refractivity contribution >= 4 is 21.6 Å². The number of hydrogen-bond donors (Lipinski definition) is 1. The number of benzene rings is 2. The Bertz CT molecular complexity index is 1030. The fraction of sp³-hybridized carbons (Fsp3) is 0.458. The van der Waals surface area contributed by atoms with Crippen LogP contribution in [0.25, 0.3) is 0 Å². The molecule has 2 fully saturated rings. The van der Waals surface area contributed by atoms with E-state index in [4.69, 9.17) is 0 Å². The Morgan fingerprint density at radius 2 is 1.80 bits per heavy atom. The third kappa shape index (κ3) is 4.24. The lowest BCUT2D eigenvalue weighted by Gasteiger charge is -2.38. The number of nitrogens with zero attached hydrogens (tertiary/aromatic N) is 1. The number of hydrogen-bond acceptors (Lipinski definition) is 3. The van der Waals surface area contributed by atoms with Gasteiger partial charge in [-0.25, -0.2) is 8.42 Å². The van der Waals surface area contributed by atoms with Crippen LogP contribution in [0.5, 0.6) is 0 Å². The maximum absolute atomic E-state index is 13.0. The van der Waals surface area contributed by atoms with Crippen LogP contribution >= 0.6 is 0 Å². The van der Waals surface area contributed by atoms with Crippen molar-refractivity contribution in [1.82, 2.24) is 5.32 Å². The minimum absolute atomic E-state index is 0.0319. The summed E-state index contributed by atoms with van der Waals surface area (Å²) in [6, 6.07) is 15.6. The number of rotatable bonds is 5. The van der Waals surface area contributed by atoms with Crippen molar-refractivity contribution in [1.29, 1.82) is 0 Å². The second kappa shape index (κ2) is 8.42. The van der Waals surface area contributed by atoms with Crippen molar-refractivity contribution in [3.8, 4) is 0 Å². The van der Waals surface area contributed by atoms with Gasteiger partial charge in [0.05, 0.1) is 11.4 Å². The van der Waals surface area contributed by atoms with Gasteiger partial charge in [-0.05, 0) is 49.9 Å². The fourth-order valence-corrected chi connectivity index (χ4v) is 6.41. The van der Waals surface area contributed by atoms with Gasteiger partial charge in [-0.1, -0.05) is 55.2 Å². The number of carbonyl (C=O) groups excluding carboxylic acids is 1. The molecule has 2 aromatic rings. The Labute approximate surface area is 179 Å². The summed E-state index contributed by atoms with van der Waals surface area (Å²) in [4.78, 5) is 13.0. The number of nitrogens with one attached hydrogen (secondary N) is 1. The van der Waals surface area contributed by atoms with Crippen LogP contribution in [0.3, 0.4) is 0 Å². The SMILES string of the molecule is Cc1cccc(C2(CNC(=O)c3cccc(N4CCCS4(=O)=O)c3)CCCCC2)c1. The van der Waals surface area contributed by atoms with Gasteiger partial charge in [-0.15, -0.1) is 0 Å².